The number of nitrogens with one attached hydrogen (secondary N) is 1. The highest BCUT2D eigenvalue weighted by Crippen LogP contribution is 2.15. The predicted molar refractivity (Wildman–Crippen MR) is 92.6 cm³/mol. The lowest BCUT2D eigenvalue weighted by Gasteiger charge is -2.37. The van der Waals surface area contributed by atoms with Crippen molar-refractivity contribution in [3.05, 3.63) is 24.3 Å². The highest BCUT2D eigenvalue weighted by atomic mass is 32.2. The summed E-state index contributed by atoms with van der Waals surface area (Å²) in [5.74, 6) is 0.665. The number of nitrogens with zero attached hydrogens (tertiary/aromatic N) is 2. The number of sulfonamides is 1. The third-order valence-electron chi connectivity index (χ3n) is 4.79. The van der Waals surface area contributed by atoms with E-state index < -0.39 is 10.0 Å². The van der Waals surface area contributed by atoms with Gasteiger partial charge in [-0.3, -0.25) is 9.80 Å². The van der Waals surface area contributed by atoms with Crippen molar-refractivity contribution in [2.45, 2.75) is 17.4 Å². The first-order valence-corrected chi connectivity index (χ1v) is 10.00. The molecule has 0 radical (unpaired) electrons. The zero-order valence-electron chi connectivity index (χ0n) is 13.9. The second-order valence-electron chi connectivity index (χ2n) is 6.39. The number of hydrogen-bond donors (Lipinski definition) is 2. The quantitative estimate of drug-likeness (QED) is 0.729. The molecule has 0 amide bonds. The van der Waals surface area contributed by atoms with E-state index in [1.54, 1.807) is 12.1 Å². The molecule has 7 nitrogen and oxygen atoms in total. The summed E-state index contributed by atoms with van der Waals surface area (Å²) in [5, 5.41) is 8.50. The number of piperazine rings is 1. The van der Waals surface area contributed by atoms with Gasteiger partial charge in [0.25, 0.3) is 0 Å². The fraction of sp³-hybridized carbons (Fsp3) is 0.625. The summed E-state index contributed by atoms with van der Waals surface area (Å²) in [6.45, 7) is 8.13. The highest BCUT2D eigenvalue weighted by Gasteiger charge is 2.25. The van der Waals surface area contributed by atoms with Gasteiger partial charge in [-0.15, -0.1) is 0 Å². The first kappa shape index (κ1) is 17.6. The Morgan fingerprint density at radius 3 is 2.46 bits per heavy atom. The summed E-state index contributed by atoms with van der Waals surface area (Å²) in [7, 11) is -3.64. The molecule has 2 aliphatic rings. The van der Waals surface area contributed by atoms with Gasteiger partial charge in [-0.1, -0.05) is 0 Å². The predicted octanol–water partition coefficient (Wildman–Crippen LogP) is -0.308. The SMILES string of the molecule is NS(=O)(=O)c1ccc(OCCN2CCN(C3CCNC3)CC2)cc1. The Morgan fingerprint density at radius 2 is 1.88 bits per heavy atom. The van der Waals surface area contributed by atoms with E-state index >= 15 is 0 Å². The number of rotatable bonds is 6. The van der Waals surface area contributed by atoms with E-state index in [1.165, 1.54) is 18.6 Å². The van der Waals surface area contributed by atoms with Gasteiger partial charge in [0, 0.05) is 45.3 Å². The third kappa shape index (κ3) is 4.67. The van der Waals surface area contributed by atoms with Crippen LogP contribution in [-0.2, 0) is 10.0 Å². The molecule has 3 N–H and O–H groups in total. The zero-order valence-corrected chi connectivity index (χ0v) is 14.7. The molecule has 2 heterocycles. The molecule has 1 aromatic rings. The van der Waals surface area contributed by atoms with Gasteiger partial charge in [-0.05, 0) is 37.2 Å². The molecule has 8 heteroatoms. The van der Waals surface area contributed by atoms with Crippen molar-refractivity contribution in [2.24, 2.45) is 5.14 Å². The lowest BCUT2D eigenvalue weighted by atomic mass is 10.2. The van der Waals surface area contributed by atoms with Crippen molar-refractivity contribution in [1.82, 2.24) is 15.1 Å². The smallest absolute Gasteiger partial charge is 0.238 e. The molecule has 134 valence electrons. The molecule has 2 aliphatic heterocycles. The average Bonchev–Trinajstić information content (AvgIpc) is 3.10. The van der Waals surface area contributed by atoms with Gasteiger partial charge in [0.05, 0.1) is 4.90 Å². The summed E-state index contributed by atoms with van der Waals surface area (Å²) in [6.07, 6.45) is 1.26. The minimum atomic E-state index is -3.64. The lowest BCUT2D eigenvalue weighted by Crippen LogP contribution is -2.51. The topological polar surface area (TPSA) is 87.9 Å². The molecule has 0 spiro atoms. The van der Waals surface area contributed by atoms with Crippen molar-refractivity contribution in [1.29, 1.82) is 0 Å². The molecule has 0 bridgehead atoms. The van der Waals surface area contributed by atoms with Crippen LogP contribution < -0.4 is 15.2 Å². The first-order chi connectivity index (χ1) is 11.5. The van der Waals surface area contributed by atoms with E-state index in [0.29, 0.717) is 18.4 Å². The largest absolute Gasteiger partial charge is 0.492 e. The summed E-state index contributed by atoms with van der Waals surface area (Å²) in [5.41, 5.74) is 0. The number of ether oxygens (including phenoxy) is 1. The maximum Gasteiger partial charge on any atom is 0.238 e. The van der Waals surface area contributed by atoms with Gasteiger partial charge in [-0.2, -0.15) is 0 Å². The standard InChI is InChI=1S/C16H26N4O3S/c17-24(21,22)16-3-1-15(2-4-16)23-12-11-19-7-9-20(10-8-19)14-5-6-18-13-14/h1-4,14,18H,5-13H2,(H2,17,21,22). The number of benzene rings is 1. The van der Waals surface area contributed by atoms with Crippen LogP contribution in [0.1, 0.15) is 6.42 Å². The summed E-state index contributed by atoms with van der Waals surface area (Å²) in [6, 6.07) is 6.94. The second-order valence-corrected chi connectivity index (χ2v) is 7.95. The first-order valence-electron chi connectivity index (χ1n) is 8.45. The molecule has 0 saturated carbocycles. The monoisotopic (exact) mass is 354 g/mol. The van der Waals surface area contributed by atoms with Gasteiger partial charge in [0.1, 0.15) is 12.4 Å². The van der Waals surface area contributed by atoms with Crippen LogP contribution in [0.25, 0.3) is 0 Å². The molecule has 3 rings (SSSR count). The fourth-order valence-corrected chi connectivity index (χ4v) is 3.84. The molecule has 1 unspecified atom stereocenters. The Bertz CT molecular complexity index is 621. The zero-order chi connectivity index (χ0) is 17.0. The third-order valence-corrected chi connectivity index (χ3v) is 5.72. The van der Waals surface area contributed by atoms with Crippen molar-refractivity contribution in [3.8, 4) is 5.75 Å². The van der Waals surface area contributed by atoms with Gasteiger partial charge < -0.3 is 10.1 Å². The van der Waals surface area contributed by atoms with Crippen molar-refractivity contribution >= 4 is 10.0 Å². The molecule has 2 fully saturated rings. The normalized spacial score (nSPS) is 23.5. The second kappa shape index (κ2) is 7.79. The van der Waals surface area contributed by atoms with Crippen LogP contribution in [0.2, 0.25) is 0 Å². The Labute approximate surface area is 143 Å². The Morgan fingerprint density at radius 1 is 1.17 bits per heavy atom. The molecule has 1 aromatic carbocycles. The Kier molecular flexibility index (Phi) is 5.72. The minimum Gasteiger partial charge on any atom is -0.492 e. The van der Waals surface area contributed by atoms with E-state index in [9.17, 15) is 8.42 Å². The van der Waals surface area contributed by atoms with Crippen LogP contribution in [-0.4, -0.2) is 76.7 Å². The van der Waals surface area contributed by atoms with Gasteiger partial charge >= 0.3 is 0 Å². The van der Waals surface area contributed by atoms with E-state index in [1.807, 2.05) is 0 Å². The van der Waals surface area contributed by atoms with Crippen LogP contribution in [0.3, 0.4) is 0 Å². The number of nitrogens with two attached hydrogens (primary N) is 1. The number of primary sulfonamides is 1. The molecular weight excluding hydrogens is 328 g/mol. The summed E-state index contributed by atoms with van der Waals surface area (Å²) in [4.78, 5) is 5.10. The molecule has 0 aromatic heterocycles. The Balaban J connectivity index is 1.38. The summed E-state index contributed by atoms with van der Waals surface area (Å²) >= 11 is 0. The van der Waals surface area contributed by atoms with Crippen molar-refractivity contribution in [3.63, 3.8) is 0 Å². The Hall–Kier alpha value is -1.19. The maximum atomic E-state index is 11.2. The number of hydrogen-bond acceptors (Lipinski definition) is 6. The van der Waals surface area contributed by atoms with E-state index in [0.717, 1.165) is 45.8 Å². The minimum absolute atomic E-state index is 0.104. The molecule has 24 heavy (non-hydrogen) atoms. The van der Waals surface area contributed by atoms with Crippen molar-refractivity contribution in [2.75, 3.05) is 52.4 Å². The average molecular weight is 354 g/mol. The van der Waals surface area contributed by atoms with Crippen molar-refractivity contribution < 1.29 is 13.2 Å². The van der Waals surface area contributed by atoms with Crippen LogP contribution in [0.15, 0.2) is 29.2 Å². The molecular formula is C16H26N4O3S. The fourth-order valence-electron chi connectivity index (χ4n) is 3.32. The molecule has 0 aliphatic carbocycles. The van der Waals surface area contributed by atoms with E-state index in [-0.39, 0.29) is 4.90 Å². The van der Waals surface area contributed by atoms with Gasteiger partial charge in [-0.25, -0.2) is 13.6 Å². The van der Waals surface area contributed by atoms with Crippen LogP contribution in [0.4, 0.5) is 0 Å². The van der Waals surface area contributed by atoms with Crippen LogP contribution >= 0.6 is 0 Å². The highest BCUT2D eigenvalue weighted by molar-refractivity contribution is 7.89. The van der Waals surface area contributed by atoms with Crippen LogP contribution in [0.5, 0.6) is 5.75 Å². The van der Waals surface area contributed by atoms with Gasteiger partial charge in [0.15, 0.2) is 0 Å². The maximum absolute atomic E-state index is 11.2. The van der Waals surface area contributed by atoms with Crippen LogP contribution in [0, 0.1) is 0 Å². The molecule has 2 saturated heterocycles. The van der Waals surface area contributed by atoms with Gasteiger partial charge in [0.2, 0.25) is 10.0 Å². The van der Waals surface area contributed by atoms with E-state index in [4.69, 9.17) is 9.88 Å². The van der Waals surface area contributed by atoms with E-state index in [2.05, 4.69) is 15.1 Å². The molecule has 1 atom stereocenters. The summed E-state index contributed by atoms with van der Waals surface area (Å²) < 4.78 is 28.1. The lowest BCUT2D eigenvalue weighted by molar-refractivity contribution is 0.0921.